The summed E-state index contributed by atoms with van der Waals surface area (Å²) in [6.45, 7) is 0. The summed E-state index contributed by atoms with van der Waals surface area (Å²) in [4.78, 5) is 2.29. The van der Waals surface area contributed by atoms with E-state index in [0.29, 0.717) is 21.5 Å². The molecule has 7 aromatic rings. The predicted molar refractivity (Wildman–Crippen MR) is 194 cm³/mol. The van der Waals surface area contributed by atoms with Crippen LogP contribution < -0.4 is 9.64 Å². The van der Waals surface area contributed by atoms with Gasteiger partial charge in [0, 0.05) is 32.9 Å². The Hall–Kier alpha value is -5.28. The molecule has 0 N–H and O–H groups in total. The fraction of sp³-hybridized carbons (Fsp3) is 0. The van der Waals surface area contributed by atoms with Gasteiger partial charge in [-0.25, -0.2) is 0 Å². The Balaban J connectivity index is 1.53. The molecule has 7 aromatic carbocycles. The van der Waals surface area contributed by atoms with E-state index in [9.17, 15) is 0 Å². The molecule has 2 nitrogen and oxygen atoms in total. The highest BCUT2D eigenvalue weighted by atomic mass is 35.5. The highest BCUT2D eigenvalue weighted by molar-refractivity contribution is 6.31. The normalized spacial score (nSPS) is 10.8. The molecule has 0 amide bonds. The van der Waals surface area contributed by atoms with Crippen molar-refractivity contribution in [1.82, 2.24) is 0 Å². The van der Waals surface area contributed by atoms with Gasteiger partial charge < -0.3 is 9.64 Å². The lowest BCUT2D eigenvalue weighted by Crippen LogP contribution is -2.13. The molecule has 0 saturated carbocycles. The second-order valence-electron chi connectivity index (χ2n) is 10.9. The van der Waals surface area contributed by atoms with Crippen LogP contribution in [0.5, 0.6) is 11.5 Å². The standard InChI is InChI=1S/C42H29Cl2NO/c43-34-19-10-21-36(27-34)45(42-40(31-15-6-2-7-16-31)23-12-24-41(42)32-17-8-3-9-18-32)37-25-33(30-13-4-1-5-14-30)26-39(29-37)46-38-22-11-20-35(44)28-38/h1-29H. The van der Waals surface area contributed by atoms with Gasteiger partial charge in [-0.2, -0.15) is 0 Å². The Kier molecular flexibility index (Phi) is 8.56. The van der Waals surface area contributed by atoms with Crippen LogP contribution >= 0.6 is 23.2 Å². The number of hydrogen-bond acceptors (Lipinski definition) is 2. The van der Waals surface area contributed by atoms with Gasteiger partial charge in [-0.3, -0.25) is 0 Å². The number of halogens is 2. The first kappa shape index (κ1) is 29.4. The summed E-state index contributed by atoms with van der Waals surface area (Å²) in [7, 11) is 0. The van der Waals surface area contributed by atoms with Gasteiger partial charge in [0.15, 0.2) is 0 Å². The second kappa shape index (κ2) is 13.4. The van der Waals surface area contributed by atoms with E-state index in [-0.39, 0.29) is 0 Å². The summed E-state index contributed by atoms with van der Waals surface area (Å²) in [5.41, 5.74) is 9.35. The molecule has 0 radical (unpaired) electrons. The molecule has 0 aliphatic carbocycles. The molecule has 0 saturated heterocycles. The van der Waals surface area contributed by atoms with Crippen molar-refractivity contribution in [2.24, 2.45) is 0 Å². The minimum atomic E-state index is 0.613. The largest absolute Gasteiger partial charge is 0.457 e. The minimum absolute atomic E-state index is 0.613. The Morgan fingerprint density at radius 3 is 1.50 bits per heavy atom. The van der Waals surface area contributed by atoms with Crippen molar-refractivity contribution < 1.29 is 4.74 Å². The number of rotatable bonds is 8. The molecule has 0 atom stereocenters. The quantitative estimate of drug-likeness (QED) is 0.165. The maximum atomic E-state index is 6.69. The molecule has 0 unspecified atom stereocenters. The molecule has 0 fully saturated rings. The van der Waals surface area contributed by atoms with E-state index in [0.717, 1.165) is 50.4 Å². The third-order valence-corrected chi connectivity index (χ3v) is 8.25. The molecule has 46 heavy (non-hydrogen) atoms. The highest BCUT2D eigenvalue weighted by Gasteiger charge is 2.23. The molecule has 4 heteroatoms. The molecule has 0 spiro atoms. The number of benzene rings is 7. The Labute approximate surface area is 279 Å². The number of hydrogen-bond donors (Lipinski definition) is 0. The Morgan fingerprint density at radius 2 is 0.913 bits per heavy atom. The first-order valence-electron chi connectivity index (χ1n) is 15.1. The lowest BCUT2D eigenvalue weighted by molar-refractivity contribution is 0.483. The summed E-state index contributed by atoms with van der Waals surface area (Å²) >= 11 is 13.0. The monoisotopic (exact) mass is 633 g/mol. The lowest BCUT2D eigenvalue weighted by atomic mass is 9.94. The molecule has 222 valence electrons. The van der Waals surface area contributed by atoms with Crippen LogP contribution in [0.25, 0.3) is 33.4 Å². The molecule has 7 rings (SSSR count). The zero-order chi connectivity index (χ0) is 31.3. The smallest absolute Gasteiger partial charge is 0.130 e. The zero-order valence-electron chi connectivity index (χ0n) is 24.9. The fourth-order valence-corrected chi connectivity index (χ4v) is 6.11. The van der Waals surface area contributed by atoms with E-state index < -0.39 is 0 Å². The van der Waals surface area contributed by atoms with Gasteiger partial charge in [0.25, 0.3) is 0 Å². The number of anilines is 3. The van der Waals surface area contributed by atoms with E-state index in [1.165, 1.54) is 0 Å². The summed E-state index contributed by atoms with van der Waals surface area (Å²) < 4.78 is 6.50. The van der Waals surface area contributed by atoms with Crippen molar-refractivity contribution in [1.29, 1.82) is 0 Å². The van der Waals surface area contributed by atoms with Gasteiger partial charge in [0.05, 0.1) is 11.4 Å². The van der Waals surface area contributed by atoms with Crippen LogP contribution in [0.4, 0.5) is 17.1 Å². The van der Waals surface area contributed by atoms with E-state index in [4.69, 9.17) is 27.9 Å². The van der Waals surface area contributed by atoms with E-state index in [1.54, 1.807) is 0 Å². The topological polar surface area (TPSA) is 12.5 Å². The fourth-order valence-electron chi connectivity index (χ4n) is 5.74. The third-order valence-electron chi connectivity index (χ3n) is 7.78. The summed E-state index contributed by atoms with van der Waals surface area (Å²) in [6, 6.07) is 59.6. The summed E-state index contributed by atoms with van der Waals surface area (Å²) in [5.74, 6) is 1.34. The van der Waals surface area contributed by atoms with Gasteiger partial charge in [-0.1, -0.05) is 145 Å². The molecule has 0 aliphatic heterocycles. The highest BCUT2D eigenvalue weighted by Crippen LogP contribution is 2.48. The maximum Gasteiger partial charge on any atom is 0.130 e. The number of nitrogens with zero attached hydrogens (tertiary/aromatic N) is 1. The maximum absolute atomic E-state index is 6.69. The van der Waals surface area contributed by atoms with Crippen molar-refractivity contribution >= 4 is 40.3 Å². The Morgan fingerprint density at radius 1 is 0.370 bits per heavy atom. The predicted octanol–water partition coefficient (Wildman–Crippen LogP) is 13.3. The number of para-hydroxylation sites is 1. The van der Waals surface area contributed by atoms with Crippen LogP contribution in [0.1, 0.15) is 0 Å². The van der Waals surface area contributed by atoms with E-state index >= 15 is 0 Å². The molecule has 0 bridgehead atoms. The van der Waals surface area contributed by atoms with Gasteiger partial charge in [-0.05, 0) is 70.8 Å². The second-order valence-corrected chi connectivity index (χ2v) is 11.8. The molecule has 0 aromatic heterocycles. The zero-order valence-corrected chi connectivity index (χ0v) is 26.4. The van der Waals surface area contributed by atoms with Crippen molar-refractivity contribution in [3.05, 3.63) is 186 Å². The molecular weight excluding hydrogens is 605 g/mol. The lowest BCUT2D eigenvalue weighted by Gasteiger charge is -2.31. The van der Waals surface area contributed by atoms with Crippen LogP contribution in [0.2, 0.25) is 10.0 Å². The SMILES string of the molecule is Clc1cccc(Oc2cc(-c3ccccc3)cc(N(c3cccc(Cl)c3)c3c(-c4ccccc4)cccc3-c3ccccc3)c2)c1. The van der Waals surface area contributed by atoms with Crippen LogP contribution in [-0.2, 0) is 0 Å². The first-order chi connectivity index (χ1) is 22.6. The van der Waals surface area contributed by atoms with Crippen LogP contribution in [0, 0.1) is 0 Å². The van der Waals surface area contributed by atoms with Crippen molar-refractivity contribution in [3.63, 3.8) is 0 Å². The van der Waals surface area contributed by atoms with E-state index in [1.807, 2.05) is 72.8 Å². The van der Waals surface area contributed by atoms with Crippen molar-refractivity contribution in [3.8, 4) is 44.9 Å². The molecular formula is C42H29Cl2NO. The average molecular weight is 635 g/mol. The van der Waals surface area contributed by atoms with Gasteiger partial charge >= 0.3 is 0 Å². The summed E-state index contributed by atoms with van der Waals surface area (Å²) in [5, 5.41) is 1.26. The number of ether oxygens (including phenoxy) is 1. The molecule has 0 aliphatic rings. The van der Waals surface area contributed by atoms with E-state index in [2.05, 4.69) is 108 Å². The van der Waals surface area contributed by atoms with Crippen molar-refractivity contribution in [2.75, 3.05) is 4.90 Å². The van der Waals surface area contributed by atoms with Gasteiger partial charge in [0.1, 0.15) is 11.5 Å². The van der Waals surface area contributed by atoms with Crippen LogP contribution in [0.15, 0.2) is 176 Å². The van der Waals surface area contributed by atoms with Crippen LogP contribution in [-0.4, -0.2) is 0 Å². The average Bonchev–Trinajstić information content (AvgIpc) is 3.10. The minimum Gasteiger partial charge on any atom is -0.457 e. The molecule has 0 heterocycles. The van der Waals surface area contributed by atoms with Crippen LogP contribution in [0.3, 0.4) is 0 Å². The van der Waals surface area contributed by atoms with Gasteiger partial charge in [0.2, 0.25) is 0 Å². The Bertz CT molecular complexity index is 2040. The third kappa shape index (κ3) is 6.41. The first-order valence-corrected chi connectivity index (χ1v) is 15.8. The summed E-state index contributed by atoms with van der Waals surface area (Å²) in [6.07, 6.45) is 0. The van der Waals surface area contributed by atoms with Gasteiger partial charge in [-0.15, -0.1) is 0 Å². The van der Waals surface area contributed by atoms with Crippen molar-refractivity contribution in [2.45, 2.75) is 0 Å².